The number of rotatable bonds is 11. The SMILES string of the molecule is CCCCCCCCn1c(=N)c(C(=O)NCCc2ccccc2)cc2c(=O)n3ccccc3nc21. The first-order valence-electron chi connectivity index (χ1n) is 12.5. The summed E-state index contributed by atoms with van der Waals surface area (Å²) >= 11 is 0. The van der Waals surface area contributed by atoms with E-state index < -0.39 is 0 Å². The zero-order valence-corrected chi connectivity index (χ0v) is 20.3. The van der Waals surface area contributed by atoms with Crippen molar-refractivity contribution in [3.05, 3.63) is 87.8 Å². The fourth-order valence-corrected chi connectivity index (χ4v) is 4.39. The van der Waals surface area contributed by atoms with Gasteiger partial charge in [0.05, 0.1) is 10.9 Å². The third-order valence-electron chi connectivity index (χ3n) is 6.34. The lowest BCUT2D eigenvalue weighted by atomic mass is 10.1. The van der Waals surface area contributed by atoms with E-state index in [0.29, 0.717) is 36.2 Å². The fourth-order valence-electron chi connectivity index (χ4n) is 4.39. The average Bonchev–Trinajstić information content (AvgIpc) is 2.88. The minimum absolute atomic E-state index is 0.0930. The van der Waals surface area contributed by atoms with Gasteiger partial charge in [0.2, 0.25) is 0 Å². The van der Waals surface area contributed by atoms with E-state index in [4.69, 9.17) is 10.4 Å². The number of aromatic nitrogens is 3. The van der Waals surface area contributed by atoms with Gasteiger partial charge in [0.1, 0.15) is 16.8 Å². The molecule has 3 aromatic heterocycles. The molecule has 0 unspecified atom stereocenters. The standard InChI is InChI=1S/C28H33N5O2/c1-2-3-4-5-6-11-19-33-25(29)22(27(34)30-17-16-21-13-8-7-9-14-21)20-23-26(33)31-24-15-10-12-18-32(24)28(23)35/h7-10,12-15,18,20,29H,2-6,11,16-17,19H2,1H3,(H,30,34). The number of carbonyl (C=O) groups excluding carboxylic acids is 1. The summed E-state index contributed by atoms with van der Waals surface area (Å²) in [6.07, 6.45) is 9.03. The molecule has 0 saturated heterocycles. The molecule has 7 nitrogen and oxygen atoms in total. The second-order valence-electron chi connectivity index (χ2n) is 8.90. The Morgan fingerprint density at radius 2 is 1.74 bits per heavy atom. The molecule has 4 rings (SSSR count). The maximum Gasteiger partial charge on any atom is 0.267 e. The van der Waals surface area contributed by atoms with Crippen LogP contribution in [0.4, 0.5) is 0 Å². The minimum atomic E-state index is -0.345. The molecule has 0 radical (unpaired) electrons. The van der Waals surface area contributed by atoms with Crippen molar-refractivity contribution in [3.63, 3.8) is 0 Å². The highest BCUT2D eigenvalue weighted by molar-refractivity contribution is 5.96. The summed E-state index contributed by atoms with van der Waals surface area (Å²) in [6, 6.07) is 16.9. The lowest BCUT2D eigenvalue weighted by Crippen LogP contribution is -2.35. The van der Waals surface area contributed by atoms with Crippen LogP contribution in [0.2, 0.25) is 0 Å². The predicted octanol–water partition coefficient (Wildman–Crippen LogP) is 4.46. The molecule has 3 heterocycles. The van der Waals surface area contributed by atoms with Crippen LogP contribution in [0.15, 0.2) is 65.6 Å². The van der Waals surface area contributed by atoms with Gasteiger partial charge in [-0.3, -0.25) is 19.4 Å². The second-order valence-corrected chi connectivity index (χ2v) is 8.90. The Morgan fingerprint density at radius 1 is 1.00 bits per heavy atom. The molecule has 0 spiro atoms. The summed E-state index contributed by atoms with van der Waals surface area (Å²) in [7, 11) is 0. The molecule has 4 aromatic rings. The van der Waals surface area contributed by atoms with Gasteiger partial charge < -0.3 is 9.88 Å². The maximum absolute atomic E-state index is 13.3. The normalized spacial score (nSPS) is 11.2. The van der Waals surface area contributed by atoms with Crippen LogP contribution in [0.3, 0.4) is 0 Å². The lowest BCUT2D eigenvalue weighted by molar-refractivity contribution is 0.0951. The number of benzene rings is 1. The van der Waals surface area contributed by atoms with Crippen LogP contribution in [-0.2, 0) is 13.0 Å². The van der Waals surface area contributed by atoms with Crippen molar-refractivity contribution < 1.29 is 4.79 Å². The van der Waals surface area contributed by atoms with Gasteiger partial charge in [-0.15, -0.1) is 0 Å². The van der Waals surface area contributed by atoms with Gasteiger partial charge in [-0.1, -0.05) is 75.4 Å². The van der Waals surface area contributed by atoms with E-state index in [1.165, 1.54) is 29.7 Å². The number of aryl methyl sites for hydroxylation is 1. The Kier molecular flexibility index (Phi) is 8.08. The van der Waals surface area contributed by atoms with Crippen LogP contribution in [0.5, 0.6) is 0 Å². The van der Waals surface area contributed by atoms with Crippen LogP contribution >= 0.6 is 0 Å². The maximum atomic E-state index is 13.3. The van der Waals surface area contributed by atoms with Crippen LogP contribution in [0.1, 0.15) is 61.4 Å². The fraction of sp³-hybridized carbons (Fsp3) is 0.357. The smallest absolute Gasteiger partial charge is 0.267 e. The third-order valence-corrected chi connectivity index (χ3v) is 6.34. The molecule has 1 aromatic carbocycles. The first kappa shape index (κ1) is 24.4. The molecule has 2 N–H and O–H groups in total. The molecule has 0 atom stereocenters. The molecule has 0 bridgehead atoms. The van der Waals surface area contributed by atoms with E-state index >= 15 is 0 Å². The molecule has 182 valence electrons. The number of pyridine rings is 2. The highest BCUT2D eigenvalue weighted by Gasteiger charge is 2.17. The molecule has 7 heteroatoms. The van der Waals surface area contributed by atoms with Crippen molar-refractivity contribution in [2.24, 2.45) is 0 Å². The lowest BCUT2D eigenvalue weighted by Gasteiger charge is -2.15. The van der Waals surface area contributed by atoms with Crippen molar-refractivity contribution in [2.75, 3.05) is 6.54 Å². The zero-order chi connectivity index (χ0) is 24.6. The van der Waals surface area contributed by atoms with Gasteiger partial charge in [-0.05, 0) is 36.6 Å². The molecule has 0 aliphatic heterocycles. The topological polar surface area (TPSA) is 92.2 Å². The number of hydrogen-bond donors (Lipinski definition) is 2. The van der Waals surface area contributed by atoms with E-state index in [2.05, 4.69) is 12.2 Å². The van der Waals surface area contributed by atoms with Crippen molar-refractivity contribution in [3.8, 4) is 0 Å². The first-order chi connectivity index (χ1) is 17.1. The van der Waals surface area contributed by atoms with Crippen LogP contribution in [0.25, 0.3) is 16.7 Å². The van der Waals surface area contributed by atoms with Gasteiger partial charge in [-0.2, -0.15) is 0 Å². The van der Waals surface area contributed by atoms with Gasteiger partial charge in [0, 0.05) is 19.3 Å². The average molecular weight is 472 g/mol. The molecule has 0 aliphatic carbocycles. The van der Waals surface area contributed by atoms with Gasteiger partial charge in [0.25, 0.3) is 11.5 Å². The molecule has 0 fully saturated rings. The Labute approximate surface area is 205 Å². The van der Waals surface area contributed by atoms with Gasteiger partial charge in [0.15, 0.2) is 0 Å². The highest BCUT2D eigenvalue weighted by Crippen LogP contribution is 2.13. The predicted molar refractivity (Wildman–Crippen MR) is 139 cm³/mol. The zero-order valence-electron chi connectivity index (χ0n) is 20.3. The van der Waals surface area contributed by atoms with E-state index in [0.717, 1.165) is 24.8 Å². The summed E-state index contributed by atoms with van der Waals surface area (Å²) in [4.78, 5) is 31.1. The van der Waals surface area contributed by atoms with Crippen molar-refractivity contribution in [2.45, 2.75) is 58.4 Å². The second kappa shape index (κ2) is 11.6. The molecule has 0 saturated carbocycles. The van der Waals surface area contributed by atoms with Crippen molar-refractivity contribution in [1.29, 1.82) is 5.41 Å². The molecule has 35 heavy (non-hydrogen) atoms. The summed E-state index contributed by atoms with van der Waals surface area (Å²) in [5.74, 6) is -0.345. The molecule has 0 aliphatic rings. The Morgan fingerprint density at radius 3 is 2.54 bits per heavy atom. The highest BCUT2D eigenvalue weighted by atomic mass is 16.1. The van der Waals surface area contributed by atoms with Crippen molar-refractivity contribution >= 4 is 22.6 Å². The summed E-state index contributed by atoms with van der Waals surface area (Å²) in [6.45, 7) is 3.19. The summed E-state index contributed by atoms with van der Waals surface area (Å²) in [5.41, 5.74) is 2.17. The number of fused-ring (bicyclic) bond motifs is 2. The summed E-state index contributed by atoms with van der Waals surface area (Å²) < 4.78 is 3.22. The van der Waals surface area contributed by atoms with Crippen LogP contribution < -0.4 is 16.4 Å². The van der Waals surface area contributed by atoms with Gasteiger partial charge >= 0.3 is 0 Å². The van der Waals surface area contributed by atoms with Crippen LogP contribution in [-0.4, -0.2) is 26.4 Å². The molecule has 1 amide bonds. The Balaban J connectivity index is 1.66. The van der Waals surface area contributed by atoms with E-state index in [1.807, 2.05) is 36.4 Å². The Hall–Kier alpha value is -3.74. The minimum Gasteiger partial charge on any atom is -0.352 e. The van der Waals surface area contributed by atoms with Crippen LogP contribution in [0, 0.1) is 5.41 Å². The monoisotopic (exact) mass is 471 g/mol. The summed E-state index contributed by atoms with van der Waals surface area (Å²) in [5, 5.41) is 12.1. The number of hydrogen-bond acceptors (Lipinski definition) is 4. The van der Waals surface area contributed by atoms with E-state index in [-0.39, 0.29) is 22.5 Å². The number of unbranched alkanes of at least 4 members (excludes halogenated alkanes) is 5. The molecular formula is C28H33N5O2. The van der Waals surface area contributed by atoms with E-state index in [9.17, 15) is 9.59 Å². The number of nitrogens with zero attached hydrogens (tertiary/aromatic N) is 3. The number of amides is 1. The first-order valence-corrected chi connectivity index (χ1v) is 12.5. The largest absolute Gasteiger partial charge is 0.352 e. The molecular weight excluding hydrogens is 438 g/mol. The number of nitrogens with one attached hydrogen (secondary N) is 2. The van der Waals surface area contributed by atoms with Gasteiger partial charge in [-0.25, -0.2) is 4.98 Å². The van der Waals surface area contributed by atoms with Crippen molar-refractivity contribution in [1.82, 2.24) is 19.3 Å². The van der Waals surface area contributed by atoms with E-state index in [1.54, 1.807) is 22.9 Å². The Bertz CT molecular complexity index is 1420. The third kappa shape index (κ3) is 5.67. The quantitative estimate of drug-likeness (QED) is 0.250. The number of carbonyl (C=O) groups is 1.